The van der Waals surface area contributed by atoms with E-state index in [1.165, 1.54) is 0 Å². The van der Waals surface area contributed by atoms with Crippen LogP contribution in [0.1, 0.15) is 18.6 Å². The Morgan fingerprint density at radius 2 is 2.16 bits per heavy atom. The summed E-state index contributed by atoms with van der Waals surface area (Å²) in [5.41, 5.74) is 5.22. The lowest BCUT2D eigenvalue weighted by molar-refractivity contribution is -0.136. The van der Waals surface area contributed by atoms with Crippen molar-refractivity contribution < 1.29 is 14.0 Å². The van der Waals surface area contributed by atoms with Gasteiger partial charge in [0.15, 0.2) is 0 Å². The topological polar surface area (TPSA) is 79.8 Å². The number of rotatable bonds is 3. The number of primary amides is 1. The number of nitrogens with zero attached hydrogens (tertiary/aromatic N) is 2. The van der Waals surface area contributed by atoms with E-state index in [-0.39, 0.29) is 11.8 Å². The van der Waals surface area contributed by atoms with Crippen LogP contribution >= 0.6 is 0 Å². The Morgan fingerprint density at radius 1 is 1.47 bits per heavy atom. The number of amides is 3. The van der Waals surface area contributed by atoms with Gasteiger partial charge >= 0.3 is 6.03 Å². The maximum Gasteiger partial charge on any atom is 0.314 e. The fraction of sp³-hybridized carbons (Fsp3) is 0.538. The zero-order valence-electron chi connectivity index (χ0n) is 11.0. The monoisotopic (exact) mass is 265 g/mol. The summed E-state index contributed by atoms with van der Waals surface area (Å²) in [6.45, 7) is 1.59. The summed E-state index contributed by atoms with van der Waals surface area (Å²) in [5, 5.41) is 0. The smallest absolute Gasteiger partial charge is 0.314 e. The third kappa shape index (κ3) is 3.27. The lowest BCUT2D eigenvalue weighted by atomic mass is 9.95. The summed E-state index contributed by atoms with van der Waals surface area (Å²) in [4.78, 5) is 26.5. The molecule has 2 heterocycles. The van der Waals surface area contributed by atoms with E-state index in [2.05, 4.69) is 0 Å². The van der Waals surface area contributed by atoms with E-state index < -0.39 is 6.03 Å². The van der Waals surface area contributed by atoms with Gasteiger partial charge in [-0.2, -0.15) is 0 Å². The van der Waals surface area contributed by atoms with Crippen LogP contribution in [-0.4, -0.2) is 41.9 Å². The van der Waals surface area contributed by atoms with Gasteiger partial charge in [0.05, 0.1) is 12.8 Å². The standard InChI is InChI=1S/C13H19N3O3/c1-15(9-11-3-2-8-19-11)12(17)10-4-6-16(7-5-10)13(14)18/h2-3,8,10H,4-7,9H2,1H3,(H2,14,18). The highest BCUT2D eigenvalue weighted by atomic mass is 16.3. The fourth-order valence-electron chi connectivity index (χ4n) is 2.37. The molecule has 3 amide bonds. The molecule has 0 radical (unpaired) electrons. The van der Waals surface area contributed by atoms with Crippen LogP contribution in [0.15, 0.2) is 22.8 Å². The zero-order chi connectivity index (χ0) is 13.8. The highest BCUT2D eigenvalue weighted by Crippen LogP contribution is 2.20. The molecular formula is C13H19N3O3. The largest absolute Gasteiger partial charge is 0.467 e. The van der Waals surface area contributed by atoms with Gasteiger partial charge in [-0.05, 0) is 25.0 Å². The number of hydrogen-bond donors (Lipinski definition) is 1. The Kier molecular flexibility index (Phi) is 4.09. The van der Waals surface area contributed by atoms with Crippen molar-refractivity contribution in [2.24, 2.45) is 11.7 Å². The number of hydrogen-bond acceptors (Lipinski definition) is 3. The molecule has 6 heteroatoms. The van der Waals surface area contributed by atoms with Crippen LogP contribution in [0.2, 0.25) is 0 Å². The number of furan rings is 1. The number of likely N-dealkylation sites (tertiary alicyclic amines) is 1. The first-order valence-electron chi connectivity index (χ1n) is 6.39. The molecule has 0 spiro atoms. The van der Waals surface area contributed by atoms with Crippen molar-refractivity contribution in [1.29, 1.82) is 0 Å². The van der Waals surface area contributed by atoms with Gasteiger partial charge in [0.25, 0.3) is 0 Å². The van der Waals surface area contributed by atoms with Crippen molar-refractivity contribution in [3.63, 3.8) is 0 Å². The SMILES string of the molecule is CN(Cc1ccco1)C(=O)C1CCN(C(N)=O)CC1. The quantitative estimate of drug-likeness (QED) is 0.886. The third-order valence-electron chi connectivity index (χ3n) is 3.51. The van der Waals surface area contributed by atoms with Gasteiger partial charge in [-0.3, -0.25) is 4.79 Å². The van der Waals surface area contributed by atoms with E-state index in [1.54, 1.807) is 29.2 Å². The van der Waals surface area contributed by atoms with Crippen LogP contribution in [0.25, 0.3) is 0 Å². The Morgan fingerprint density at radius 3 is 2.68 bits per heavy atom. The Hall–Kier alpha value is -1.98. The molecule has 1 fully saturated rings. The summed E-state index contributed by atoms with van der Waals surface area (Å²) >= 11 is 0. The molecule has 0 bridgehead atoms. The van der Waals surface area contributed by atoms with Gasteiger partial charge in [-0.1, -0.05) is 0 Å². The van der Waals surface area contributed by atoms with Crippen LogP contribution in [0.5, 0.6) is 0 Å². The molecule has 0 atom stereocenters. The molecule has 104 valence electrons. The minimum absolute atomic E-state index is 0.0319. The van der Waals surface area contributed by atoms with Gasteiger partial charge in [-0.25, -0.2) is 4.79 Å². The fourth-order valence-corrected chi connectivity index (χ4v) is 2.37. The minimum atomic E-state index is -0.408. The summed E-state index contributed by atoms with van der Waals surface area (Å²) in [5.74, 6) is 0.835. The first-order chi connectivity index (χ1) is 9.08. The number of carbonyl (C=O) groups excluding carboxylic acids is 2. The van der Waals surface area contributed by atoms with Crippen molar-refractivity contribution in [2.45, 2.75) is 19.4 Å². The molecule has 2 N–H and O–H groups in total. The Balaban J connectivity index is 1.85. The van der Waals surface area contributed by atoms with Crippen molar-refractivity contribution >= 4 is 11.9 Å². The van der Waals surface area contributed by atoms with Crippen molar-refractivity contribution in [1.82, 2.24) is 9.80 Å². The highest BCUT2D eigenvalue weighted by molar-refractivity contribution is 5.79. The minimum Gasteiger partial charge on any atom is -0.467 e. The average Bonchev–Trinajstić information content (AvgIpc) is 2.90. The normalized spacial score (nSPS) is 16.4. The molecule has 2 rings (SSSR count). The Bertz CT molecular complexity index is 436. The number of nitrogens with two attached hydrogens (primary N) is 1. The molecule has 1 aliphatic rings. The van der Waals surface area contributed by atoms with Gasteiger partial charge in [0.1, 0.15) is 5.76 Å². The summed E-state index contributed by atoms with van der Waals surface area (Å²) in [7, 11) is 1.77. The number of piperidine rings is 1. The van der Waals surface area contributed by atoms with Gasteiger partial charge < -0.3 is 20.0 Å². The van der Waals surface area contributed by atoms with Gasteiger partial charge in [-0.15, -0.1) is 0 Å². The van der Waals surface area contributed by atoms with Gasteiger partial charge in [0.2, 0.25) is 5.91 Å². The molecule has 1 saturated heterocycles. The second kappa shape index (κ2) is 5.77. The van der Waals surface area contributed by atoms with E-state index in [4.69, 9.17) is 10.2 Å². The summed E-state index contributed by atoms with van der Waals surface area (Å²) in [6.07, 6.45) is 2.94. The number of urea groups is 1. The molecule has 1 aliphatic heterocycles. The first kappa shape index (κ1) is 13.5. The van der Waals surface area contributed by atoms with E-state index >= 15 is 0 Å². The van der Waals surface area contributed by atoms with Crippen molar-refractivity contribution in [2.75, 3.05) is 20.1 Å². The lowest BCUT2D eigenvalue weighted by Gasteiger charge is -2.32. The van der Waals surface area contributed by atoms with Crippen molar-refractivity contribution in [3.05, 3.63) is 24.2 Å². The highest BCUT2D eigenvalue weighted by Gasteiger charge is 2.28. The maximum atomic E-state index is 12.3. The van der Waals surface area contributed by atoms with E-state index in [0.717, 1.165) is 5.76 Å². The molecule has 0 unspecified atom stereocenters. The third-order valence-corrected chi connectivity index (χ3v) is 3.51. The molecule has 19 heavy (non-hydrogen) atoms. The molecule has 1 aromatic rings. The summed E-state index contributed by atoms with van der Waals surface area (Å²) in [6, 6.07) is 3.24. The van der Waals surface area contributed by atoms with Crippen LogP contribution in [0.3, 0.4) is 0 Å². The molecule has 6 nitrogen and oxygen atoms in total. The molecule has 0 aliphatic carbocycles. The number of carbonyl (C=O) groups is 2. The molecular weight excluding hydrogens is 246 g/mol. The average molecular weight is 265 g/mol. The van der Waals surface area contributed by atoms with Crippen LogP contribution < -0.4 is 5.73 Å². The maximum absolute atomic E-state index is 12.3. The van der Waals surface area contributed by atoms with E-state index in [1.807, 2.05) is 6.07 Å². The second-order valence-electron chi connectivity index (χ2n) is 4.87. The van der Waals surface area contributed by atoms with Gasteiger partial charge in [0, 0.05) is 26.1 Å². The second-order valence-corrected chi connectivity index (χ2v) is 4.87. The van der Waals surface area contributed by atoms with Crippen LogP contribution in [0, 0.1) is 5.92 Å². The molecule has 0 aromatic carbocycles. The van der Waals surface area contributed by atoms with E-state index in [9.17, 15) is 9.59 Å². The lowest BCUT2D eigenvalue weighted by Crippen LogP contribution is -2.45. The zero-order valence-corrected chi connectivity index (χ0v) is 11.0. The Labute approximate surface area is 112 Å². The first-order valence-corrected chi connectivity index (χ1v) is 6.39. The predicted octanol–water partition coefficient (Wildman–Crippen LogP) is 1.03. The molecule has 0 saturated carbocycles. The van der Waals surface area contributed by atoms with E-state index in [0.29, 0.717) is 32.5 Å². The van der Waals surface area contributed by atoms with Crippen LogP contribution in [-0.2, 0) is 11.3 Å². The summed E-state index contributed by atoms with van der Waals surface area (Å²) < 4.78 is 5.23. The van der Waals surface area contributed by atoms with Crippen molar-refractivity contribution in [3.8, 4) is 0 Å². The molecule has 1 aromatic heterocycles. The predicted molar refractivity (Wildman–Crippen MR) is 69.1 cm³/mol. The van der Waals surface area contributed by atoms with Crippen LogP contribution in [0.4, 0.5) is 4.79 Å².